The number of aliphatic imine (C=N–C) groups is 1. The first-order chi connectivity index (χ1) is 6.24. The van der Waals surface area contributed by atoms with E-state index in [-0.39, 0.29) is 6.04 Å². The van der Waals surface area contributed by atoms with Gasteiger partial charge in [-0.25, -0.2) is 0 Å². The van der Waals surface area contributed by atoms with E-state index >= 15 is 0 Å². The molecular weight excluding hydrogens is 182 g/mol. The minimum absolute atomic E-state index is 0.238. The summed E-state index contributed by atoms with van der Waals surface area (Å²) >= 11 is 1.69. The number of nitrogens with one attached hydrogen (secondary N) is 1. The standard InChI is InChI=1S/C9H15N3S/c1-3-11-9(10)12-7(2)8-4-5-13-6-8/h4-7H,3H2,1-2H3,(H3,10,11,12). The zero-order valence-corrected chi connectivity index (χ0v) is 8.77. The van der Waals surface area contributed by atoms with Gasteiger partial charge in [0, 0.05) is 6.54 Å². The maximum absolute atomic E-state index is 5.63. The number of hydrogen-bond donors (Lipinski definition) is 2. The van der Waals surface area contributed by atoms with E-state index in [2.05, 4.69) is 34.1 Å². The second-order valence-corrected chi connectivity index (χ2v) is 3.56. The van der Waals surface area contributed by atoms with E-state index in [0.717, 1.165) is 6.54 Å². The summed E-state index contributed by atoms with van der Waals surface area (Å²) in [6.07, 6.45) is 0. The summed E-state index contributed by atoms with van der Waals surface area (Å²) in [7, 11) is 0. The van der Waals surface area contributed by atoms with Crippen LogP contribution in [-0.2, 0) is 0 Å². The van der Waals surface area contributed by atoms with Gasteiger partial charge in [0.25, 0.3) is 0 Å². The predicted octanol–water partition coefficient (Wildman–Crippen LogP) is 1.73. The zero-order valence-electron chi connectivity index (χ0n) is 7.95. The van der Waals surface area contributed by atoms with Gasteiger partial charge in [-0.3, -0.25) is 4.99 Å². The quantitative estimate of drug-likeness (QED) is 0.573. The summed E-state index contributed by atoms with van der Waals surface area (Å²) in [5.41, 5.74) is 6.88. The highest BCUT2D eigenvalue weighted by atomic mass is 32.1. The Bertz CT molecular complexity index is 266. The first kappa shape index (κ1) is 10.1. The molecule has 1 unspecified atom stereocenters. The van der Waals surface area contributed by atoms with Gasteiger partial charge in [0.15, 0.2) is 5.96 Å². The molecule has 1 heterocycles. The highest BCUT2D eigenvalue weighted by molar-refractivity contribution is 7.07. The smallest absolute Gasteiger partial charge is 0.189 e. The Morgan fingerprint density at radius 2 is 2.54 bits per heavy atom. The summed E-state index contributed by atoms with van der Waals surface area (Å²) < 4.78 is 0. The topological polar surface area (TPSA) is 50.4 Å². The van der Waals surface area contributed by atoms with Gasteiger partial charge in [0.05, 0.1) is 6.04 Å². The van der Waals surface area contributed by atoms with E-state index in [1.165, 1.54) is 5.56 Å². The van der Waals surface area contributed by atoms with Crippen LogP contribution in [0.2, 0.25) is 0 Å². The largest absolute Gasteiger partial charge is 0.370 e. The predicted molar refractivity (Wildman–Crippen MR) is 58.0 cm³/mol. The van der Waals surface area contributed by atoms with Crippen LogP contribution in [0.3, 0.4) is 0 Å². The maximum atomic E-state index is 5.63. The lowest BCUT2D eigenvalue weighted by Gasteiger charge is -2.12. The first-order valence-electron chi connectivity index (χ1n) is 4.32. The minimum atomic E-state index is 0.238. The molecule has 0 aliphatic rings. The lowest BCUT2D eigenvalue weighted by molar-refractivity contribution is 0.712. The normalized spacial score (nSPS) is 14.2. The van der Waals surface area contributed by atoms with Gasteiger partial charge in [-0.05, 0) is 36.2 Å². The van der Waals surface area contributed by atoms with Crippen molar-refractivity contribution in [2.75, 3.05) is 6.54 Å². The molecule has 0 saturated heterocycles. The van der Waals surface area contributed by atoms with E-state index in [1.54, 1.807) is 11.3 Å². The Labute approximate surface area is 82.7 Å². The van der Waals surface area contributed by atoms with Gasteiger partial charge in [0.1, 0.15) is 0 Å². The third-order valence-corrected chi connectivity index (χ3v) is 2.44. The van der Waals surface area contributed by atoms with Crippen LogP contribution in [-0.4, -0.2) is 12.5 Å². The van der Waals surface area contributed by atoms with Crippen molar-refractivity contribution in [1.82, 2.24) is 5.32 Å². The molecule has 0 aliphatic heterocycles. The highest BCUT2D eigenvalue weighted by Crippen LogP contribution is 2.14. The fourth-order valence-corrected chi connectivity index (χ4v) is 1.80. The number of guanidine groups is 1. The van der Waals surface area contributed by atoms with Crippen molar-refractivity contribution in [2.24, 2.45) is 10.7 Å². The van der Waals surface area contributed by atoms with E-state index in [4.69, 9.17) is 5.73 Å². The Morgan fingerprint density at radius 1 is 1.77 bits per heavy atom. The molecule has 0 fully saturated rings. The van der Waals surface area contributed by atoms with Crippen LogP contribution in [0.5, 0.6) is 0 Å². The van der Waals surface area contributed by atoms with E-state index < -0.39 is 0 Å². The van der Waals surface area contributed by atoms with E-state index in [1.807, 2.05) is 6.92 Å². The van der Waals surface area contributed by atoms with Gasteiger partial charge < -0.3 is 11.1 Å². The number of nitrogens with zero attached hydrogens (tertiary/aromatic N) is 1. The Balaban J connectivity index is 2.51. The Morgan fingerprint density at radius 3 is 3.08 bits per heavy atom. The van der Waals surface area contributed by atoms with Crippen LogP contribution in [0, 0.1) is 0 Å². The molecule has 72 valence electrons. The molecule has 0 saturated carbocycles. The molecule has 13 heavy (non-hydrogen) atoms. The average molecular weight is 197 g/mol. The Hall–Kier alpha value is -1.03. The molecule has 0 radical (unpaired) electrons. The van der Waals surface area contributed by atoms with Gasteiger partial charge in [-0.15, -0.1) is 0 Å². The molecule has 3 N–H and O–H groups in total. The summed E-state index contributed by atoms with van der Waals surface area (Å²) in [6.45, 7) is 4.75. The van der Waals surface area contributed by atoms with Crippen molar-refractivity contribution >= 4 is 17.3 Å². The van der Waals surface area contributed by atoms with Crippen LogP contribution in [0.15, 0.2) is 21.8 Å². The average Bonchev–Trinajstić information content (AvgIpc) is 2.55. The lowest BCUT2D eigenvalue weighted by atomic mass is 10.2. The monoisotopic (exact) mass is 197 g/mol. The van der Waals surface area contributed by atoms with Crippen molar-refractivity contribution in [3.8, 4) is 0 Å². The first-order valence-corrected chi connectivity index (χ1v) is 5.27. The second kappa shape index (κ2) is 4.87. The van der Waals surface area contributed by atoms with Crippen molar-refractivity contribution < 1.29 is 0 Å². The summed E-state index contributed by atoms with van der Waals surface area (Å²) in [6, 6.07) is 2.32. The highest BCUT2D eigenvalue weighted by Gasteiger charge is 2.04. The van der Waals surface area contributed by atoms with Crippen LogP contribution >= 0.6 is 11.3 Å². The molecule has 1 aromatic heterocycles. The van der Waals surface area contributed by atoms with Crippen LogP contribution in [0.25, 0.3) is 0 Å². The SMILES string of the molecule is CCN=C(N)NC(C)c1ccsc1. The second-order valence-electron chi connectivity index (χ2n) is 2.78. The third-order valence-electron chi connectivity index (χ3n) is 1.74. The molecule has 0 spiro atoms. The molecular formula is C9H15N3S. The minimum Gasteiger partial charge on any atom is -0.370 e. The van der Waals surface area contributed by atoms with Crippen LogP contribution in [0.1, 0.15) is 25.5 Å². The molecule has 1 rings (SSSR count). The van der Waals surface area contributed by atoms with Crippen molar-refractivity contribution in [1.29, 1.82) is 0 Å². The number of hydrogen-bond acceptors (Lipinski definition) is 2. The third kappa shape index (κ3) is 3.06. The van der Waals surface area contributed by atoms with E-state index in [0.29, 0.717) is 5.96 Å². The fourth-order valence-electron chi connectivity index (χ4n) is 1.04. The molecule has 1 aromatic rings. The summed E-state index contributed by atoms with van der Waals surface area (Å²) in [4.78, 5) is 4.06. The van der Waals surface area contributed by atoms with Gasteiger partial charge in [-0.1, -0.05) is 0 Å². The van der Waals surface area contributed by atoms with Crippen molar-refractivity contribution in [3.63, 3.8) is 0 Å². The van der Waals surface area contributed by atoms with Crippen LogP contribution in [0.4, 0.5) is 0 Å². The number of nitrogens with two attached hydrogens (primary N) is 1. The maximum Gasteiger partial charge on any atom is 0.189 e. The van der Waals surface area contributed by atoms with Gasteiger partial charge >= 0.3 is 0 Å². The van der Waals surface area contributed by atoms with Crippen molar-refractivity contribution in [2.45, 2.75) is 19.9 Å². The van der Waals surface area contributed by atoms with Crippen LogP contribution < -0.4 is 11.1 Å². The molecule has 3 nitrogen and oxygen atoms in total. The molecule has 0 amide bonds. The fraction of sp³-hybridized carbons (Fsp3) is 0.444. The molecule has 0 bridgehead atoms. The van der Waals surface area contributed by atoms with Gasteiger partial charge in [-0.2, -0.15) is 11.3 Å². The zero-order chi connectivity index (χ0) is 9.68. The van der Waals surface area contributed by atoms with Crippen molar-refractivity contribution in [3.05, 3.63) is 22.4 Å². The molecule has 0 aliphatic carbocycles. The number of thiophene rings is 1. The number of rotatable bonds is 3. The molecule has 4 heteroatoms. The van der Waals surface area contributed by atoms with Gasteiger partial charge in [0.2, 0.25) is 0 Å². The lowest BCUT2D eigenvalue weighted by Crippen LogP contribution is -2.33. The molecule has 1 atom stereocenters. The van der Waals surface area contributed by atoms with E-state index in [9.17, 15) is 0 Å². The summed E-state index contributed by atoms with van der Waals surface area (Å²) in [5, 5.41) is 7.28. The molecule has 0 aromatic carbocycles. The Kier molecular flexibility index (Phi) is 3.76. The summed E-state index contributed by atoms with van der Waals surface area (Å²) in [5.74, 6) is 0.515.